The summed E-state index contributed by atoms with van der Waals surface area (Å²) in [6.45, 7) is 7.50. The van der Waals surface area contributed by atoms with E-state index in [4.69, 9.17) is 9.15 Å². The Bertz CT molecular complexity index is 528. The molecule has 0 aliphatic rings. The van der Waals surface area contributed by atoms with E-state index in [-0.39, 0.29) is 5.54 Å². The van der Waals surface area contributed by atoms with Crippen molar-refractivity contribution >= 4 is 0 Å². The van der Waals surface area contributed by atoms with Gasteiger partial charge in [-0.3, -0.25) is 5.10 Å². The predicted octanol–water partition coefficient (Wildman–Crippen LogP) is 2.49. The van der Waals surface area contributed by atoms with Crippen molar-refractivity contribution in [2.45, 2.75) is 32.9 Å². The van der Waals surface area contributed by atoms with Crippen molar-refractivity contribution in [2.24, 2.45) is 0 Å². The molecule has 2 N–H and O–H groups in total. The molecule has 2 heterocycles. The fourth-order valence-corrected chi connectivity index (χ4v) is 1.97. The van der Waals surface area contributed by atoms with Crippen LogP contribution in [-0.2, 0) is 11.3 Å². The first-order valence-electron chi connectivity index (χ1n) is 6.35. The number of aromatic nitrogens is 2. The minimum absolute atomic E-state index is 0.0810. The van der Waals surface area contributed by atoms with E-state index in [0.717, 1.165) is 22.8 Å². The third-order valence-corrected chi connectivity index (χ3v) is 2.97. The molecule has 0 unspecified atom stereocenters. The highest BCUT2D eigenvalue weighted by Gasteiger charge is 2.18. The van der Waals surface area contributed by atoms with Crippen molar-refractivity contribution in [3.8, 4) is 11.5 Å². The van der Waals surface area contributed by atoms with E-state index >= 15 is 0 Å². The van der Waals surface area contributed by atoms with Gasteiger partial charge in [0, 0.05) is 24.8 Å². The topological polar surface area (TPSA) is 63.1 Å². The molecule has 19 heavy (non-hydrogen) atoms. The van der Waals surface area contributed by atoms with Crippen LogP contribution >= 0.6 is 0 Å². The van der Waals surface area contributed by atoms with Crippen LogP contribution in [0.3, 0.4) is 0 Å². The maximum absolute atomic E-state index is 5.62. The van der Waals surface area contributed by atoms with Crippen LogP contribution in [0.25, 0.3) is 11.5 Å². The van der Waals surface area contributed by atoms with Crippen LogP contribution in [-0.4, -0.2) is 29.5 Å². The smallest absolute Gasteiger partial charge is 0.152 e. The molecule has 0 aliphatic carbocycles. The Morgan fingerprint density at radius 2 is 2.21 bits per heavy atom. The van der Waals surface area contributed by atoms with E-state index in [1.54, 1.807) is 7.11 Å². The zero-order valence-electron chi connectivity index (χ0n) is 11.9. The van der Waals surface area contributed by atoms with E-state index in [1.165, 1.54) is 0 Å². The summed E-state index contributed by atoms with van der Waals surface area (Å²) in [5, 5.41) is 10.5. The van der Waals surface area contributed by atoms with Crippen LogP contribution < -0.4 is 5.32 Å². The summed E-state index contributed by atoms with van der Waals surface area (Å²) in [5.74, 6) is 1.71. The molecule has 0 fully saturated rings. The van der Waals surface area contributed by atoms with Crippen molar-refractivity contribution in [2.75, 3.05) is 13.7 Å². The maximum atomic E-state index is 5.62. The molecule has 0 aromatic carbocycles. The van der Waals surface area contributed by atoms with Crippen molar-refractivity contribution in [1.29, 1.82) is 0 Å². The van der Waals surface area contributed by atoms with Crippen molar-refractivity contribution in [3.05, 3.63) is 29.7 Å². The summed E-state index contributed by atoms with van der Waals surface area (Å²) in [6, 6.07) is 3.90. The van der Waals surface area contributed by atoms with Gasteiger partial charge in [-0.25, -0.2) is 0 Å². The normalized spacial score (nSPS) is 12.0. The molecule has 5 nitrogen and oxygen atoms in total. The average molecular weight is 263 g/mol. The number of nitrogens with zero attached hydrogens (tertiary/aromatic N) is 1. The Morgan fingerprint density at radius 1 is 1.42 bits per heavy atom. The number of nitrogens with one attached hydrogen (secondary N) is 2. The molecule has 0 bridgehead atoms. The van der Waals surface area contributed by atoms with Gasteiger partial charge < -0.3 is 14.5 Å². The van der Waals surface area contributed by atoms with Crippen molar-refractivity contribution < 1.29 is 9.15 Å². The highest BCUT2D eigenvalue weighted by molar-refractivity contribution is 5.56. The lowest BCUT2D eigenvalue weighted by Crippen LogP contribution is -2.42. The van der Waals surface area contributed by atoms with E-state index in [1.807, 2.05) is 25.3 Å². The zero-order chi connectivity index (χ0) is 13.9. The number of H-pyrrole nitrogens is 1. The van der Waals surface area contributed by atoms with E-state index in [2.05, 4.69) is 29.4 Å². The summed E-state index contributed by atoms with van der Waals surface area (Å²) >= 11 is 0. The fourth-order valence-electron chi connectivity index (χ4n) is 1.97. The minimum atomic E-state index is -0.0810. The van der Waals surface area contributed by atoms with Gasteiger partial charge in [0.15, 0.2) is 5.76 Å². The van der Waals surface area contributed by atoms with Crippen LogP contribution in [0.5, 0.6) is 0 Å². The molecule has 0 saturated heterocycles. The van der Waals surface area contributed by atoms with Crippen LogP contribution in [0.2, 0.25) is 0 Å². The number of aryl methyl sites for hydroxylation is 1. The molecule has 0 amide bonds. The highest BCUT2D eigenvalue weighted by atomic mass is 16.5. The number of furan rings is 1. The van der Waals surface area contributed by atoms with Gasteiger partial charge in [0.2, 0.25) is 0 Å². The lowest BCUT2D eigenvalue weighted by molar-refractivity contribution is 0.128. The Morgan fingerprint density at radius 3 is 2.84 bits per heavy atom. The molecule has 2 aromatic rings. The quantitative estimate of drug-likeness (QED) is 0.840. The van der Waals surface area contributed by atoms with Gasteiger partial charge in [-0.1, -0.05) is 0 Å². The molecule has 0 saturated carbocycles. The third kappa shape index (κ3) is 3.45. The number of ether oxygens (including phenoxy) is 1. The summed E-state index contributed by atoms with van der Waals surface area (Å²) in [6.07, 6.45) is 1.82. The standard InChI is InChI=1S/C14H21N3O2/c1-10-5-6-12(19-10)13-11(8-16-17-13)7-15-14(2,3)9-18-4/h5-6,8,15H,7,9H2,1-4H3,(H,16,17). The number of hydrogen-bond acceptors (Lipinski definition) is 4. The molecule has 0 radical (unpaired) electrons. The van der Waals surface area contributed by atoms with Crippen molar-refractivity contribution in [3.63, 3.8) is 0 Å². The van der Waals surface area contributed by atoms with Gasteiger partial charge in [-0.15, -0.1) is 0 Å². The van der Waals surface area contributed by atoms with Crippen molar-refractivity contribution in [1.82, 2.24) is 15.5 Å². The first-order valence-corrected chi connectivity index (χ1v) is 6.35. The first kappa shape index (κ1) is 13.8. The Kier molecular flexibility index (Phi) is 4.07. The number of aromatic amines is 1. The monoisotopic (exact) mass is 263 g/mol. The Balaban J connectivity index is 2.08. The summed E-state index contributed by atoms with van der Waals surface area (Å²) < 4.78 is 10.8. The molecule has 104 valence electrons. The SMILES string of the molecule is COCC(C)(C)NCc1cn[nH]c1-c1ccc(C)o1. The largest absolute Gasteiger partial charge is 0.460 e. The van der Waals surface area contributed by atoms with E-state index in [0.29, 0.717) is 13.2 Å². The van der Waals surface area contributed by atoms with Gasteiger partial charge >= 0.3 is 0 Å². The first-order chi connectivity index (χ1) is 9.02. The fraction of sp³-hybridized carbons (Fsp3) is 0.500. The lowest BCUT2D eigenvalue weighted by Gasteiger charge is -2.25. The lowest BCUT2D eigenvalue weighted by atomic mass is 10.1. The highest BCUT2D eigenvalue weighted by Crippen LogP contribution is 2.23. The second-order valence-corrected chi connectivity index (χ2v) is 5.35. The van der Waals surface area contributed by atoms with Gasteiger partial charge in [0.1, 0.15) is 11.5 Å². The molecule has 2 aromatic heterocycles. The summed E-state index contributed by atoms with van der Waals surface area (Å²) in [5.41, 5.74) is 1.93. The van der Waals surface area contributed by atoms with Gasteiger partial charge in [0.05, 0.1) is 12.8 Å². The van der Waals surface area contributed by atoms with Crippen LogP contribution in [0.15, 0.2) is 22.7 Å². The molecule has 0 spiro atoms. The van der Waals surface area contributed by atoms with Crippen LogP contribution in [0, 0.1) is 6.92 Å². The van der Waals surface area contributed by atoms with Crippen LogP contribution in [0.1, 0.15) is 25.2 Å². The number of methoxy groups -OCH3 is 1. The number of rotatable bonds is 6. The van der Waals surface area contributed by atoms with Crippen LogP contribution in [0.4, 0.5) is 0 Å². The third-order valence-electron chi connectivity index (χ3n) is 2.97. The average Bonchev–Trinajstić information content (AvgIpc) is 2.94. The maximum Gasteiger partial charge on any atom is 0.152 e. The Hall–Kier alpha value is -1.59. The minimum Gasteiger partial charge on any atom is -0.460 e. The predicted molar refractivity (Wildman–Crippen MR) is 73.8 cm³/mol. The molecule has 0 aliphatic heterocycles. The second kappa shape index (κ2) is 5.59. The van der Waals surface area contributed by atoms with Gasteiger partial charge in [-0.2, -0.15) is 5.10 Å². The van der Waals surface area contributed by atoms with Gasteiger partial charge in [-0.05, 0) is 32.9 Å². The summed E-state index contributed by atoms with van der Waals surface area (Å²) in [4.78, 5) is 0. The molecule has 5 heteroatoms. The van der Waals surface area contributed by atoms with E-state index < -0.39 is 0 Å². The van der Waals surface area contributed by atoms with Gasteiger partial charge in [0.25, 0.3) is 0 Å². The summed E-state index contributed by atoms with van der Waals surface area (Å²) in [7, 11) is 1.71. The van der Waals surface area contributed by atoms with E-state index in [9.17, 15) is 0 Å². The molecule has 0 atom stereocenters. The zero-order valence-corrected chi connectivity index (χ0v) is 11.9. The molecular weight excluding hydrogens is 242 g/mol. The molecule has 2 rings (SSSR count). The number of hydrogen-bond donors (Lipinski definition) is 2. The molecular formula is C14H21N3O2. The Labute approximate surface area is 113 Å². The second-order valence-electron chi connectivity index (χ2n) is 5.35.